The van der Waals surface area contributed by atoms with Crippen LogP contribution in [0, 0.1) is 6.92 Å². The zero-order valence-electron chi connectivity index (χ0n) is 16.9. The van der Waals surface area contributed by atoms with Crippen LogP contribution in [-0.4, -0.2) is 21.8 Å². The fourth-order valence-corrected chi connectivity index (χ4v) is 4.94. The smallest absolute Gasteiger partial charge is 0.301 e. The minimum absolute atomic E-state index is 0.0282. The number of aliphatic hydroxyl groups is 1. The Labute approximate surface area is 193 Å². The number of carbonyl (C=O) groups excluding carboxylic acids is 2. The molecule has 7 heteroatoms. The molecule has 1 saturated heterocycles. The highest BCUT2D eigenvalue weighted by atomic mass is 35.5. The lowest BCUT2D eigenvalue weighted by Gasteiger charge is -2.23. The van der Waals surface area contributed by atoms with Gasteiger partial charge < -0.3 is 5.11 Å². The largest absolute Gasteiger partial charge is 0.507 e. The second-order valence-corrected chi connectivity index (χ2v) is 9.00. The number of hydrogen-bond donors (Lipinski definition) is 1. The summed E-state index contributed by atoms with van der Waals surface area (Å²) < 4.78 is 0.901. The van der Waals surface area contributed by atoms with Gasteiger partial charge in [-0.15, -0.1) is 0 Å². The predicted octanol–water partition coefficient (Wildman–Crippen LogP) is 5.88. The Kier molecular flexibility index (Phi) is 5.04. The Morgan fingerprint density at radius 2 is 1.69 bits per heavy atom. The molecule has 1 aliphatic rings. The van der Waals surface area contributed by atoms with Gasteiger partial charge in [-0.05, 0) is 36.8 Å². The topological polar surface area (TPSA) is 70.5 Å². The van der Waals surface area contributed by atoms with Gasteiger partial charge in [0.05, 0.1) is 21.8 Å². The second-order valence-electron chi connectivity index (χ2n) is 7.55. The Morgan fingerprint density at radius 3 is 2.38 bits per heavy atom. The number of rotatable bonds is 3. The number of anilines is 1. The summed E-state index contributed by atoms with van der Waals surface area (Å²) in [5.74, 6) is -1.69. The molecule has 0 aliphatic carbocycles. The Balaban J connectivity index is 1.73. The van der Waals surface area contributed by atoms with E-state index in [9.17, 15) is 14.7 Å². The van der Waals surface area contributed by atoms with Crippen LogP contribution in [-0.2, 0) is 9.59 Å². The first-order valence-corrected chi connectivity index (χ1v) is 11.1. The minimum atomic E-state index is -0.825. The summed E-state index contributed by atoms with van der Waals surface area (Å²) in [4.78, 5) is 32.3. The highest BCUT2D eigenvalue weighted by molar-refractivity contribution is 7.22. The second kappa shape index (κ2) is 7.89. The number of para-hydroxylation sites is 1. The molecular formula is C25H17ClN2O3S. The van der Waals surface area contributed by atoms with E-state index >= 15 is 0 Å². The summed E-state index contributed by atoms with van der Waals surface area (Å²) in [6.45, 7) is 1.93. The van der Waals surface area contributed by atoms with Gasteiger partial charge in [-0.3, -0.25) is 14.5 Å². The molecule has 0 radical (unpaired) electrons. The molecule has 158 valence electrons. The van der Waals surface area contributed by atoms with Gasteiger partial charge in [-0.2, -0.15) is 0 Å². The van der Waals surface area contributed by atoms with Crippen molar-refractivity contribution in [2.24, 2.45) is 0 Å². The minimum Gasteiger partial charge on any atom is -0.507 e. The average molecular weight is 461 g/mol. The molecule has 0 spiro atoms. The fourth-order valence-electron chi connectivity index (χ4n) is 3.82. The van der Waals surface area contributed by atoms with Gasteiger partial charge >= 0.3 is 5.91 Å². The van der Waals surface area contributed by atoms with Gasteiger partial charge in [0, 0.05) is 10.6 Å². The van der Waals surface area contributed by atoms with E-state index in [0.717, 1.165) is 15.8 Å². The monoisotopic (exact) mass is 460 g/mol. The summed E-state index contributed by atoms with van der Waals surface area (Å²) in [6.07, 6.45) is 0. The lowest BCUT2D eigenvalue weighted by Crippen LogP contribution is -2.29. The van der Waals surface area contributed by atoms with Gasteiger partial charge in [0.2, 0.25) is 0 Å². The third-order valence-corrected chi connectivity index (χ3v) is 6.73. The normalized spacial score (nSPS) is 17.9. The maximum absolute atomic E-state index is 13.2. The number of aliphatic hydroxyl groups excluding tert-OH is 1. The standard InChI is InChI=1S/C25H17ClN2O3S/c1-14-6-8-16(9-7-14)22(29)20-21(15-10-12-17(26)13-11-15)28(24(31)23(20)30)25-27-18-4-2-3-5-19(18)32-25/h2-13,21,29H,1H3/b22-20-. The number of thiazole rings is 1. The van der Waals surface area contributed by atoms with Crippen molar-refractivity contribution in [2.75, 3.05) is 4.90 Å². The van der Waals surface area contributed by atoms with Crippen molar-refractivity contribution in [3.8, 4) is 0 Å². The van der Waals surface area contributed by atoms with Gasteiger partial charge in [-0.1, -0.05) is 77.0 Å². The summed E-state index contributed by atoms with van der Waals surface area (Å²) in [7, 11) is 0. The van der Waals surface area contributed by atoms with Crippen LogP contribution in [0.3, 0.4) is 0 Å². The number of nitrogens with zero attached hydrogens (tertiary/aromatic N) is 2. The molecule has 0 bridgehead atoms. The van der Waals surface area contributed by atoms with E-state index < -0.39 is 17.7 Å². The molecule has 5 rings (SSSR count). The molecule has 1 unspecified atom stereocenters. The Hall–Kier alpha value is -3.48. The zero-order valence-corrected chi connectivity index (χ0v) is 18.5. The van der Waals surface area contributed by atoms with Crippen LogP contribution < -0.4 is 4.90 Å². The lowest BCUT2D eigenvalue weighted by atomic mass is 9.95. The van der Waals surface area contributed by atoms with Gasteiger partial charge in [0.1, 0.15) is 5.76 Å². The quantitative estimate of drug-likeness (QED) is 0.235. The van der Waals surface area contributed by atoms with E-state index in [1.807, 2.05) is 43.3 Å². The van der Waals surface area contributed by atoms with Crippen LogP contribution in [0.2, 0.25) is 5.02 Å². The third-order valence-electron chi connectivity index (χ3n) is 5.44. The number of benzene rings is 3. The number of carbonyl (C=O) groups is 2. The van der Waals surface area contributed by atoms with E-state index in [0.29, 0.717) is 21.3 Å². The number of hydrogen-bond acceptors (Lipinski definition) is 5. The number of aromatic nitrogens is 1. The van der Waals surface area contributed by atoms with Crippen molar-refractivity contribution >= 4 is 55.7 Å². The first-order valence-electron chi connectivity index (χ1n) is 9.93. The van der Waals surface area contributed by atoms with Crippen molar-refractivity contribution in [2.45, 2.75) is 13.0 Å². The predicted molar refractivity (Wildman–Crippen MR) is 127 cm³/mol. The zero-order chi connectivity index (χ0) is 22.4. The molecular weight excluding hydrogens is 444 g/mol. The van der Waals surface area contributed by atoms with Crippen LogP contribution in [0.15, 0.2) is 78.4 Å². The molecule has 4 aromatic rings. The van der Waals surface area contributed by atoms with Crippen molar-refractivity contribution in [3.63, 3.8) is 0 Å². The van der Waals surface area contributed by atoms with E-state index in [1.54, 1.807) is 36.4 Å². The highest BCUT2D eigenvalue weighted by Crippen LogP contribution is 2.44. The Morgan fingerprint density at radius 1 is 1.00 bits per heavy atom. The summed E-state index contributed by atoms with van der Waals surface area (Å²) in [6, 6.07) is 20.8. The molecule has 1 N–H and O–H groups in total. The maximum Gasteiger partial charge on any atom is 0.301 e. The third kappa shape index (κ3) is 3.38. The van der Waals surface area contributed by atoms with E-state index in [-0.39, 0.29) is 11.3 Å². The molecule has 1 fully saturated rings. The number of halogens is 1. The van der Waals surface area contributed by atoms with Crippen LogP contribution in [0.25, 0.3) is 16.0 Å². The van der Waals surface area contributed by atoms with Crippen LogP contribution in [0.5, 0.6) is 0 Å². The molecule has 1 aliphatic heterocycles. The molecule has 2 heterocycles. The SMILES string of the molecule is Cc1ccc(/C(O)=C2/C(=O)C(=O)N(c3nc4ccccc4s3)C2c2ccc(Cl)cc2)cc1. The highest BCUT2D eigenvalue weighted by Gasteiger charge is 2.48. The van der Waals surface area contributed by atoms with E-state index in [2.05, 4.69) is 4.98 Å². The van der Waals surface area contributed by atoms with Crippen LogP contribution in [0.1, 0.15) is 22.7 Å². The molecule has 3 aromatic carbocycles. The molecule has 1 amide bonds. The van der Waals surface area contributed by atoms with Crippen molar-refractivity contribution in [1.29, 1.82) is 0 Å². The van der Waals surface area contributed by atoms with E-state index in [1.165, 1.54) is 16.2 Å². The number of ketones is 1. The van der Waals surface area contributed by atoms with Crippen molar-refractivity contribution in [3.05, 3.63) is 100 Å². The van der Waals surface area contributed by atoms with Gasteiger partial charge in [0.15, 0.2) is 5.13 Å². The summed E-state index contributed by atoms with van der Waals surface area (Å²) in [5, 5.41) is 12.1. The summed E-state index contributed by atoms with van der Waals surface area (Å²) in [5.41, 5.74) is 2.91. The van der Waals surface area contributed by atoms with Crippen LogP contribution >= 0.6 is 22.9 Å². The van der Waals surface area contributed by atoms with Gasteiger partial charge in [0.25, 0.3) is 5.78 Å². The summed E-state index contributed by atoms with van der Waals surface area (Å²) >= 11 is 7.40. The number of fused-ring (bicyclic) bond motifs is 1. The number of amides is 1. The number of Topliss-reactive ketones (excluding diaryl/α,β-unsaturated/α-hetero) is 1. The molecule has 5 nitrogen and oxygen atoms in total. The van der Waals surface area contributed by atoms with Crippen molar-refractivity contribution in [1.82, 2.24) is 4.98 Å². The molecule has 1 atom stereocenters. The van der Waals surface area contributed by atoms with Crippen molar-refractivity contribution < 1.29 is 14.7 Å². The average Bonchev–Trinajstić information content (AvgIpc) is 3.33. The molecule has 32 heavy (non-hydrogen) atoms. The lowest BCUT2D eigenvalue weighted by molar-refractivity contribution is -0.132. The van der Waals surface area contributed by atoms with Crippen LogP contribution in [0.4, 0.5) is 5.13 Å². The first-order chi connectivity index (χ1) is 15.4. The first kappa shape index (κ1) is 20.4. The Bertz CT molecular complexity index is 1360. The molecule has 0 saturated carbocycles. The fraction of sp³-hybridized carbons (Fsp3) is 0.0800. The van der Waals surface area contributed by atoms with E-state index in [4.69, 9.17) is 11.6 Å². The molecule has 1 aromatic heterocycles. The van der Waals surface area contributed by atoms with Gasteiger partial charge in [-0.25, -0.2) is 4.98 Å². The maximum atomic E-state index is 13.2. The number of aryl methyl sites for hydroxylation is 1.